The Bertz CT molecular complexity index is 1510. The van der Waals surface area contributed by atoms with Gasteiger partial charge in [0.05, 0.1) is 39.6 Å². The number of methoxy groups -OCH3 is 3. The number of hydrogen-bond donors (Lipinski definition) is 3. The average Bonchev–Trinajstić information content (AvgIpc) is 2.82. The summed E-state index contributed by atoms with van der Waals surface area (Å²) in [6.45, 7) is 3.15. The van der Waals surface area contributed by atoms with Gasteiger partial charge in [-0.2, -0.15) is 4.98 Å². The topological polar surface area (TPSA) is 129 Å². The van der Waals surface area contributed by atoms with E-state index >= 15 is 0 Å². The van der Waals surface area contributed by atoms with Crippen molar-refractivity contribution in [3.05, 3.63) is 36.3 Å². The van der Waals surface area contributed by atoms with Crippen LogP contribution in [0.25, 0.3) is 0 Å². The van der Waals surface area contributed by atoms with Crippen molar-refractivity contribution in [2.24, 2.45) is 0 Å². The number of carbonyl (C=O) groups is 1. The van der Waals surface area contributed by atoms with Crippen LogP contribution in [0.2, 0.25) is 0 Å². The summed E-state index contributed by atoms with van der Waals surface area (Å²) in [5.74, 6) is -3.83. The number of carbonyl (C=O) groups excluding carboxylic acids is 1. The SMILES string of the molecule is [2H]C([2H])([2H])Oc1cc(Nc2ncc(F)c(Nc3ccc4c(n3)NC(=O)C(C)(C)O4)n2)cc(OC([2H])([2H])[2H])c1OC([2H])([2H])[2H]. The van der Waals surface area contributed by atoms with E-state index in [9.17, 15) is 9.18 Å². The minimum atomic E-state index is -3.15. The van der Waals surface area contributed by atoms with Gasteiger partial charge >= 0.3 is 0 Å². The molecule has 34 heavy (non-hydrogen) atoms. The van der Waals surface area contributed by atoms with Gasteiger partial charge in [0.15, 0.2) is 40.3 Å². The molecule has 1 aliphatic heterocycles. The van der Waals surface area contributed by atoms with Gasteiger partial charge in [-0.05, 0) is 26.0 Å². The maximum atomic E-state index is 14.6. The van der Waals surface area contributed by atoms with E-state index in [1.807, 2.05) is 0 Å². The highest BCUT2D eigenvalue weighted by atomic mass is 19.1. The number of halogens is 1. The van der Waals surface area contributed by atoms with Crippen molar-refractivity contribution >= 4 is 35.0 Å². The smallest absolute Gasteiger partial charge is 0.269 e. The zero-order valence-corrected chi connectivity index (χ0v) is 17.6. The lowest BCUT2D eigenvalue weighted by Crippen LogP contribution is -2.46. The number of nitrogens with one attached hydrogen (secondary N) is 3. The molecule has 4 rings (SSSR count). The highest BCUT2D eigenvalue weighted by molar-refractivity contribution is 5.99. The van der Waals surface area contributed by atoms with Crippen molar-refractivity contribution in [1.29, 1.82) is 0 Å². The van der Waals surface area contributed by atoms with Crippen molar-refractivity contribution < 1.29 is 40.5 Å². The molecule has 178 valence electrons. The summed E-state index contributed by atoms with van der Waals surface area (Å²) in [5, 5.41) is 7.85. The molecule has 12 heteroatoms. The number of rotatable bonds is 7. The molecule has 3 heterocycles. The van der Waals surface area contributed by atoms with Gasteiger partial charge in [-0.25, -0.2) is 14.4 Å². The Hall–Kier alpha value is -4.35. The molecule has 0 aliphatic carbocycles. The number of fused-ring (bicyclic) bond motifs is 1. The summed E-state index contributed by atoms with van der Waals surface area (Å²) < 4.78 is 101. The monoisotopic (exact) mass is 479 g/mol. The maximum Gasteiger partial charge on any atom is 0.269 e. The molecule has 2 aromatic heterocycles. The van der Waals surface area contributed by atoms with E-state index in [1.54, 1.807) is 13.8 Å². The van der Waals surface area contributed by atoms with Crippen molar-refractivity contribution in [2.45, 2.75) is 19.4 Å². The summed E-state index contributed by atoms with van der Waals surface area (Å²) in [4.78, 5) is 24.2. The third-order valence-corrected chi connectivity index (χ3v) is 4.59. The predicted molar refractivity (Wildman–Crippen MR) is 122 cm³/mol. The Morgan fingerprint density at radius 1 is 1.09 bits per heavy atom. The lowest BCUT2D eigenvalue weighted by molar-refractivity contribution is -0.129. The van der Waals surface area contributed by atoms with Gasteiger partial charge in [-0.1, -0.05) is 0 Å². The fourth-order valence-corrected chi connectivity index (χ4v) is 2.93. The third kappa shape index (κ3) is 4.42. The van der Waals surface area contributed by atoms with Crippen LogP contribution in [0.5, 0.6) is 23.0 Å². The van der Waals surface area contributed by atoms with Crippen LogP contribution in [0.15, 0.2) is 30.5 Å². The first-order valence-electron chi connectivity index (χ1n) is 14.0. The van der Waals surface area contributed by atoms with E-state index < -0.39 is 55.7 Å². The van der Waals surface area contributed by atoms with Crippen LogP contribution in [0.3, 0.4) is 0 Å². The number of anilines is 5. The first kappa shape index (κ1) is 14.0. The van der Waals surface area contributed by atoms with E-state index in [0.717, 1.165) is 18.3 Å². The van der Waals surface area contributed by atoms with Gasteiger partial charge in [0.1, 0.15) is 5.82 Å². The second-order valence-electron chi connectivity index (χ2n) is 7.36. The molecule has 1 aromatic carbocycles. The Labute approximate surface area is 207 Å². The highest BCUT2D eigenvalue weighted by Gasteiger charge is 2.36. The molecule has 0 saturated heterocycles. The Balaban J connectivity index is 1.67. The zero-order chi connectivity index (χ0) is 32.0. The molecule has 1 amide bonds. The van der Waals surface area contributed by atoms with E-state index in [2.05, 4.69) is 30.9 Å². The van der Waals surface area contributed by atoms with Crippen molar-refractivity contribution in [1.82, 2.24) is 15.0 Å². The van der Waals surface area contributed by atoms with Crippen molar-refractivity contribution in [3.8, 4) is 23.0 Å². The fourth-order valence-electron chi connectivity index (χ4n) is 2.93. The van der Waals surface area contributed by atoms with E-state index in [1.165, 1.54) is 12.1 Å². The number of benzene rings is 1. The minimum absolute atomic E-state index is 0.0683. The van der Waals surface area contributed by atoms with Crippen LogP contribution in [0.1, 0.15) is 26.2 Å². The molecule has 0 bridgehead atoms. The Morgan fingerprint density at radius 3 is 2.53 bits per heavy atom. The highest BCUT2D eigenvalue weighted by Crippen LogP contribution is 2.40. The standard InChI is InChI=1S/C22H23FN6O5/c1-22(2)20(30)28-19-13(34-22)6-7-16(27-19)26-18-12(23)10-24-21(29-18)25-11-8-14(31-3)17(33-5)15(9-11)32-4/h6-10H,1-5H3,(H3,24,25,26,27,28,29,30)/i3D3,4D3,5D3. The molecule has 0 spiro atoms. The second kappa shape index (κ2) is 8.89. The molecule has 3 N–H and O–H groups in total. The normalized spacial score (nSPS) is 18.8. The third-order valence-electron chi connectivity index (χ3n) is 4.59. The first-order valence-corrected chi connectivity index (χ1v) is 9.51. The van der Waals surface area contributed by atoms with Gasteiger partial charge in [0.2, 0.25) is 11.7 Å². The molecule has 3 aromatic rings. The van der Waals surface area contributed by atoms with Crippen LogP contribution < -0.4 is 34.9 Å². The molecule has 0 unspecified atom stereocenters. The Morgan fingerprint density at radius 2 is 1.82 bits per heavy atom. The quantitative estimate of drug-likeness (QED) is 0.462. The van der Waals surface area contributed by atoms with Gasteiger partial charge in [-0.15, -0.1) is 0 Å². The number of nitrogens with zero attached hydrogens (tertiary/aromatic N) is 3. The molecule has 0 fully saturated rings. The van der Waals surface area contributed by atoms with Crippen molar-refractivity contribution in [2.75, 3.05) is 37.1 Å². The molecule has 1 aliphatic rings. The van der Waals surface area contributed by atoms with Crippen LogP contribution in [-0.4, -0.2) is 47.6 Å². The molecule has 0 atom stereocenters. The summed E-state index contributed by atoms with van der Waals surface area (Å²) in [6, 6.07) is 4.89. The first-order chi connectivity index (χ1) is 19.7. The number of ether oxygens (including phenoxy) is 4. The Kier molecular flexibility index (Phi) is 3.67. The summed E-state index contributed by atoms with van der Waals surface area (Å²) in [6.07, 6.45) is 0.787. The van der Waals surface area contributed by atoms with Crippen LogP contribution >= 0.6 is 0 Å². The largest absolute Gasteiger partial charge is 0.493 e. The number of hydrogen-bond acceptors (Lipinski definition) is 10. The molecule has 0 saturated carbocycles. The summed E-state index contributed by atoms with van der Waals surface area (Å²) in [7, 11) is -9.38. The lowest BCUT2D eigenvalue weighted by atomic mass is 10.1. The molecule has 0 radical (unpaired) electrons. The summed E-state index contributed by atoms with van der Waals surface area (Å²) in [5.41, 5.74) is -1.27. The predicted octanol–water partition coefficient (Wildman–Crippen LogP) is 3.63. The van der Waals surface area contributed by atoms with Crippen LogP contribution in [0.4, 0.5) is 33.5 Å². The van der Waals surface area contributed by atoms with Gasteiger partial charge in [0, 0.05) is 17.8 Å². The summed E-state index contributed by atoms with van der Waals surface area (Å²) >= 11 is 0. The fraction of sp³-hybridized carbons (Fsp3) is 0.273. The van der Waals surface area contributed by atoms with E-state index in [0.29, 0.717) is 0 Å². The van der Waals surface area contributed by atoms with Gasteiger partial charge in [-0.3, -0.25) is 4.79 Å². The second-order valence-corrected chi connectivity index (χ2v) is 7.36. The van der Waals surface area contributed by atoms with Crippen LogP contribution in [-0.2, 0) is 4.79 Å². The van der Waals surface area contributed by atoms with E-state index in [4.69, 9.17) is 31.3 Å². The average molecular weight is 480 g/mol. The van der Waals surface area contributed by atoms with E-state index in [-0.39, 0.29) is 34.8 Å². The lowest BCUT2D eigenvalue weighted by Gasteiger charge is -2.30. The van der Waals surface area contributed by atoms with Gasteiger partial charge in [0.25, 0.3) is 5.91 Å². The minimum Gasteiger partial charge on any atom is -0.493 e. The number of amides is 1. The van der Waals surface area contributed by atoms with Crippen molar-refractivity contribution in [3.63, 3.8) is 0 Å². The molecular formula is C22H23FN6O5. The molecule has 11 nitrogen and oxygen atoms in total. The number of pyridine rings is 1. The van der Waals surface area contributed by atoms with Crippen LogP contribution in [0, 0.1) is 5.82 Å². The zero-order valence-electron chi connectivity index (χ0n) is 26.6. The molecular weight excluding hydrogens is 447 g/mol. The van der Waals surface area contributed by atoms with Gasteiger partial charge < -0.3 is 34.9 Å². The maximum absolute atomic E-state index is 14.6. The number of aromatic nitrogens is 3.